The van der Waals surface area contributed by atoms with Crippen molar-refractivity contribution in [1.29, 1.82) is 5.41 Å². The van der Waals surface area contributed by atoms with Crippen LogP contribution in [0.1, 0.15) is 90.2 Å². The molecule has 9 amide bonds. The summed E-state index contributed by atoms with van der Waals surface area (Å²) < 4.78 is 6.18. The average molecular weight is 1140 g/mol. The van der Waals surface area contributed by atoms with E-state index in [4.69, 9.17) is 26.5 Å². The number of carboxylic acids is 1. The lowest BCUT2D eigenvalue weighted by atomic mass is 9.97. The third-order valence-corrected chi connectivity index (χ3v) is 14.3. The zero-order valence-electron chi connectivity index (χ0n) is 44.1. The molecule has 0 saturated heterocycles. The number of carbonyl (C=O) groups excluding carboxylic acids is 9. The number of nitrogens with zero attached hydrogens (tertiary/aromatic N) is 1. The number of amides is 9. The number of carbonyl (C=O) groups is 10. The van der Waals surface area contributed by atoms with Crippen molar-refractivity contribution in [1.82, 2.24) is 47.9 Å². The van der Waals surface area contributed by atoms with Crippen molar-refractivity contribution in [3.63, 3.8) is 0 Å². The lowest BCUT2D eigenvalue weighted by molar-refractivity contribution is -0.142. The Morgan fingerprint density at radius 1 is 0.756 bits per heavy atom. The second kappa shape index (κ2) is 34.1. The van der Waals surface area contributed by atoms with Crippen molar-refractivity contribution in [2.75, 3.05) is 37.9 Å². The number of benzene rings is 1. The summed E-state index contributed by atoms with van der Waals surface area (Å²) in [5.74, 6) is -10.8. The predicted octanol–water partition coefficient (Wildman–Crippen LogP) is -3.34. The number of nitrogens with one attached hydrogen (secondary N) is 10. The van der Waals surface area contributed by atoms with Crippen LogP contribution in [-0.2, 0) is 64.3 Å². The van der Waals surface area contributed by atoms with Crippen molar-refractivity contribution in [3.05, 3.63) is 29.3 Å². The second-order valence-corrected chi connectivity index (χ2v) is 20.7. The third kappa shape index (κ3) is 23.4. The van der Waals surface area contributed by atoms with Gasteiger partial charge in [0.25, 0.3) is 5.91 Å². The highest BCUT2D eigenvalue weighted by molar-refractivity contribution is 7.98. The largest absolute Gasteiger partial charge is 0.494 e. The molecule has 0 radical (unpaired) electrons. The molecule has 10 atom stereocenters. The zero-order chi connectivity index (χ0) is 57.9. The predicted molar refractivity (Wildman–Crippen MR) is 287 cm³/mol. The smallest absolute Gasteiger partial charge is 0.305 e. The lowest BCUT2D eigenvalue weighted by Crippen LogP contribution is -2.63. The fraction of sp³-hybridized carbons (Fsp3) is 0.625. The molecular formula is C48H75N13O15S2. The summed E-state index contributed by atoms with van der Waals surface area (Å²) in [4.78, 5) is 140. The molecule has 0 aliphatic carbocycles. The zero-order valence-corrected chi connectivity index (χ0v) is 45.7. The van der Waals surface area contributed by atoms with Crippen LogP contribution in [0.2, 0.25) is 0 Å². The number of guanidine groups is 1. The van der Waals surface area contributed by atoms with Crippen molar-refractivity contribution in [3.8, 4) is 5.75 Å². The summed E-state index contributed by atoms with van der Waals surface area (Å²) in [5, 5.41) is 64.0. The Morgan fingerprint density at radius 3 is 1.96 bits per heavy atom. The summed E-state index contributed by atoms with van der Waals surface area (Å²) in [6, 6.07) is -7.09. The summed E-state index contributed by atoms with van der Waals surface area (Å²) in [6.07, 6.45) is 1.12. The number of primary amides is 1. The molecule has 1 aromatic rings. The quantitative estimate of drug-likeness (QED) is 0.0585. The molecule has 1 aromatic carbocycles. The van der Waals surface area contributed by atoms with Crippen molar-refractivity contribution in [2.24, 2.45) is 22.5 Å². The van der Waals surface area contributed by atoms with Gasteiger partial charge < -0.3 is 84.2 Å². The normalized spacial score (nSPS) is 26.0. The molecule has 0 aromatic heterocycles. The van der Waals surface area contributed by atoms with Crippen LogP contribution in [0.25, 0.3) is 0 Å². The van der Waals surface area contributed by atoms with Crippen LogP contribution in [0.4, 0.5) is 0 Å². The molecule has 0 saturated carbocycles. The van der Waals surface area contributed by atoms with Gasteiger partial charge in [0.2, 0.25) is 47.3 Å². The van der Waals surface area contributed by atoms with Crippen LogP contribution >= 0.6 is 23.5 Å². The Labute approximate surface area is 459 Å². The van der Waals surface area contributed by atoms with Crippen molar-refractivity contribution in [2.45, 2.75) is 145 Å². The number of ether oxygens (including phenoxy) is 1. The monoisotopic (exact) mass is 1140 g/mol. The molecule has 3 rings (SSSR count). The number of nitrogens with two attached hydrogens (primary N) is 2. The first-order valence-corrected chi connectivity index (χ1v) is 27.7. The fourth-order valence-corrected chi connectivity index (χ4v) is 9.56. The molecular weight excluding hydrogens is 1060 g/mol. The minimum Gasteiger partial charge on any atom is -0.494 e. The molecule has 30 heteroatoms. The first-order valence-electron chi connectivity index (χ1n) is 25.4. The van der Waals surface area contributed by atoms with E-state index in [0.717, 1.165) is 37.1 Å². The van der Waals surface area contributed by atoms with Gasteiger partial charge >= 0.3 is 5.97 Å². The Kier molecular flexibility index (Phi) is 28.5. The number of oxime groups is 1. The van der Waals surface area contributed by atoms with E-state index in [0.29, 0.717) is 31.6 Å². The summed E-state index contributed by atoms with van der Waals surface area (Å²) in [7, 11) is 0. The molecule has 0 spiro atoms. The minimum atomic E-state index is -2.01. The average Bonchev–Trinajstić information content (AvgIpc) is 3.38. The van der Waals surface area contributed by atoms with E-state index in [9.17, 15) is 63.3 Å². The van der Waals surface area contributed by atoms with E-state index < -0.39 is 138 Å². The van der Waals surface area contributed by atoms with Crippen LogP contribution in [0.5, 0.6) is 5.75 Å². The third-order valence-electron chi connectivity index (χ3n) is 12.1. The van der Waals surface area contributed by atoms with Crippen molar-refractivity contribution < 1.29 is 72.8 Å². The topological polar surface area (TPSA) is 446 Å². The van der Waals surface area contributed by atoms with Gasteiger partial charge in [-0.25, -0.2) is 0 Å². The molecule has 78 heavy (non-hydrogen) atoms. The van der Waals surface area contributed by atoms with Gasteiger partial charge in [0, 0.05) is 29.6 Å². The molecule has 434 valence electrons. The Hall–Kier alpha value is -6.92. The number of thioether (sulfide) groups is 2. The van der Waals surface area contributed by atoms with Crippen LogP contribution < -0.4 is 64.1 Å². The number of hydrogen-bond acceptors (Lipinski definition) is 18. The maximum Gasteiger partial charge on any atom is 0.305 e. The summed E-state index contributed by atoms with van der Waals surface area (Å²) in [6.45, 7) is 5.28. The maximum atomic E-state index is 14.3. The maximum absolute atomic E-state index is 14.3. The summed E-state index contributed by atoms with van der Waals surface area (Å²) in [5.41, 5.74) is 12.7. The highest BCUT2D eigenvalue weighted by atomic mass is 32.2. The van der Waals surface area contributed by atoms with Crippen LogP contribution in [0.15, 0.2) is 23.4 Å². The van der Waals surface area contributed by atoms with Crippen LogP contribution in [0, 0.1) is 11.3 Å². The van der Waals surface area contributed by atoms with Gasteiger partial charge in [0.1, 0.15) is 66.9 Å². The first-order chi connectivity index (χ1) is 37.0. The van der Waals surface area contributed by atoms with E-state index in [1.165, 1.54) is 30.4 Å². The van der Waals surface area contributed by atoms with E-state index in [-0.39, 0.29) is 49.0 Å². The highest BCUT2D eigenvalue weighted by Gasteiger charge is 2.37. The van der Waals surface area contributed by atoms with Gasteiger partial charge in [-0.15, -0.1) is 0 Å². The standard InChI is InChI=1S/C48H75N13O15S2/c1-5-25(2)38-46(73)58-34(40(49)67)23-77-21-28-15-29-17-30(16-28)75-13-8-6-7-9-14-76-53-19-36(64)54-26(3)41(68)59-35(24-78-22-29)45(72)55-31(11-10-12-52-48(50)51)42(69)57-33(20-62)44(71)56-32(18-37(65)66)43(70)61-39(27(4)63)47(74)60-38/h15-17,19,25-27,31-35,38-39,62-63H,5-14,18,20-24H2,1-4H3,(H2,49,67)(H,54,64)(H,55,72)(H,56,71)(H,57,69)(H,58,73)(H,59,68)(H,60,74)(H,61,70)(H,65,66)(H4,50,51,52)/b53-19+/t25-,26-,27+,31-,32-,33-,34-,35-,38-,39-/m0/s1. The molecule has 28 nitrogen and oxygen atoms in total. The van der Waals surface area contributed by atoms with E-state index >= 15 is 0 Å². The number of aliphatic hydroxyl groups excluding tert-OH is 2. The molecule has 4 bridgehead atoms. The minimum absolute atomic E-state index is 0.0262. The Bertz CT molecular complexity index is 2300. The van der Waals surface area contributed by atoms with Crippen LogP contribution in [0.3, 0.4) is 0 Å². The van der Waals surface area contributed by atoms with E-state index in [1.54, 1.807) is 19.9 Å². The lowest BCUT2D eigenvalue weighted by Gasteiger charge is -2.29. The fourth-order valence-electron chi connectivity index (χ4n) is 7.57. The molecule has 17 N–H and O–H groups in total. The van der Waals surface area contributed by atoms with Gasteiger partial charge in [0.05, 0.1) is 25.7 Å². The Morgan fingerprint density at radius 2 is 1.35 bits per heavy atom. The number of aliphatic carboxylic acids is 1. The van der Waals surface area contributed by atoms with Gasteiger partial charge in [-0.3, -0.25) is 53.4 Å². The van der Waals surface area contributed by atoms with Gasteiger partial charge in [0.15, 0.2) is 5.96 Å². The van der Waals surface area contributed by atoms with Gasteiger partial charge in [-0.1, -0.05) is 31.5 Å². The highest BCUT2D eigenvalue weighted by Crippen LogP contribution is 2.26. The number of aliphatic hydroxyl groups is 2. The number of hydrogen-bond donors (Lipinski definition) is 15. The number of rotatable bonds is 11. The Balaban J connectivity index is 2.18. The van der Waals surface area contributed by atoms with Crippen molar-refractivity contribution >= 4 is 94.8 Å². The summed E-state index contributed by atoms with van der Waals surface area (Å²) >= 11 is 2.45. The second-order valence-electron chi connectivity index (χ2n) is 18.6. The van der Waals surface area contributed by atoms with Gasteiger partial charge in [-0.2, -0.15) is 23.5 Å². The molecule has 0 unspecified atom stereocenters. The van der Waals surface area contributed by atoms with Gasteiger partial charge in [-0.05, 0) is 81.5 Å². The molecule has 2 heterocycles. The molecule has 2 aliphatic heterocycles. The van der Waals surface area contributed by atoms with Crippen LogP contribution in [-0.4, -0.2) is 179 Å². The van der Waals surface area contributed by atoms with E-state index in [1.807, 2.05) is 12.1 Å². The molecule has 0 fully saturated rings. The number of carboxylic acid groups (broad SMARTS) is 1. The first kappa shape index (κ1) is 65.4. The molecule has 2 aliphatic rings. The van der Waals surface area contributed by atoms with E-state index in [2.05, 4.69) is 53.0 Å². The SMILES string of the molecule is CC[C@H](C)[C@@H]1NC(=O)[C@H]([C@@H](C)O)NC(=O)[C@H](CC(=O)O)NC(=O)[C@H](CO)NC(=O)[C@H](CCCNC(=N)N)NC(=O)[C@@H]2CSCc3cc(cc(c3)OCCCCCCO/N=C/C(=O)N[C@@H](C)C(=O)N2)CSC[C@@H](C(N)=O)NC1=O. The number of fused-ring (bicyclic) bond motifs is 5.